The van der Waals surface area contributed by atoms with E-state index >= 15 is 0 Å². The third-order valence-corrected chi connectivity index (χ3v) is 4.81. The van der Waals surface area contributed by atoms with Gasteiger partial charge in [0.1, 0.15) is 0 Å². The quantitative estimate of drug-likeness (QED) is 0.843. The highest BCUT2D eigenvalue weighted by Gasteiger charge is 2.18. The zero-order valence-corrected chi connectivity index (χ0v) is 10.8. The first-order valence-electron chi connectivity index (χ1n) is 4.22. The van der Waals surface area contributed by atoms with Crippen LogP contribution in [0, 0.1) is 0 Å². The van der Waals surface area contributed by atoms with E-state index in [-0.39, 0.29) is 11.0 Å². The van der Waals surface area contributed by atoms with E-state index < -0.39 is 9.84 Å². The second-order valence-corrected chi connectivity index (χ2v) is 6.73. The van der Waals surface area contributed by atoms with Crippen molar-refractivity contribution in [2.24, 2.45) is 7.05 Å². The van der Waals surface area contributed by atoms with Crippen molar-refractivity contribution in [2.45, 2.75) is 24.9 Å². The van der Waals surface area contributed by atoms with E-state index in [1.54, 1.807) is 24.6 Å². The van der Waals surface area contributed by atoms with Gasteiger partial charge in [0.2, 0.25) is 0 Å². The number of nitrogens with zero attached hydrogens (tertiary/aromatic N) is 2. The molecule has 80 valence electrons. The van der Waals surface area contributed by atoms with Crippen LogP contribution in [0.2, 0.25) is 0 Å². The van der Waals surface area contributed by atoms with Crippen LogP contribution in [-0.2, 0) is 22.6 Å². The highest BCUT2D eigenvalue weighted by Crippen LogP contribution is 2.13. The highest BCUT2D eigenvalue weighted by atomic mass is 79.9. The number of hydrogen-bond acceptors (Lipinski definition) is 3. The lowest BCUT2D eigenvalue weighted by atomic mass is 10.5. The first-order valence-corrected chi connectivity index (χ1v) is 6.73. The molecule has 0 spiro atoms. The van der Waals surface area contributed by atoms with Gasteiger partial charge in [-0.15, -0.1) is 0 Å². The molecule has 14 heavy (non-hydrogen) atoms. The molecule has 0 saturated carbocycles. The van der Waals surface area contributed by atoms with E-state index in [4.69, 9.17) is 0 Å². The second kappa shape index (κ2) is 4.02. The lowest BCUT2D eigenvalue weighted by Gasteiger charge is -2.04. The molecule has 0 aliphatic rings. The molecule has 0 aliphatic carbocycles. The lowest BCUT2D eigenvalue weighted by Crippen LogP contribution is -2.16. The molecule has 0 amide bonds. The molecule has 0 atom stereocenters. The summed E-state index contributed by atoms with van der Waals surface area (Å²) in [6.07, 6.45) is 1.71. The molecule has 0 bridgehead atoms. The van der Waals surface area contributed by atoms with Crippen molar-refractivity contribution in [3.8, 4) is 0 Å². The van der Waals surface area contributed by atoms with Gasteiger partial charge in [-0.2, -0.15) is 0 Å². The second-order valence-electron chi connectivity index (χ2n) is 3.47. The number of imidazole rings is 1. The molecule has 1 rings (SSSR count). The maximum atomic E-state index is 11.6. The average molecular weight is 281 g/mol. The number of rotatable bonds is 3. The maximum Gasteiger partial charge on any atom is 0.177 e. The highest BCUT2D eigenvalue weighted by molar-refractivity contribution is 9.10. The summed E-state index contributed by atoms with van der Waals surface area (Å²) in [4.78, 5) is 4.08. The van der Waals surface area contributed by atoms with Crippen LogP contribution >= 0.6 is 15.9 Å². The van der Waals surface area contributed by atoms with E-state index in [2.05, 4.69) is 20.9 Å². The van der Waals surface area contributed by atoms with E-state index in [9.17, 15) is 8.42 Å². The van der Waals surface area contributed by atoms with Crippen molar-refractivity contribution in [3.05, 3.63) is 16.6 Å². The van der Waals surface area contributed by atoms with Crippen LogP contribution in [0.3, 0.4) is 0 Å². The number of aryl methyl sites for hydroxylation is 1. The Morgan fingerprint density at radius 2 is 2.14 bits per heavy atom. The van der Waals surface area contributed by atoms with E-state index in [0.29, 0.717) is 10.4 Å². The number of hydrogen-bond donors (Lipinski definition) is 0. The summed E-state index contributed by atoms with van der Waals surface area (Å²) in [7, 11) is -1.24. The van der Waals surface area contributed by atoms with E-state index in [1.807, 2.05) is 7.05 Å². The van der Waals surface area contributed by atoms with Crippen LogP contribution < -0.4 is 0 Å². The molecule has 0 saturated heterocycles. The Morgan fingerprint density at radius 3 is 2.50 bits per heavy atom. The monoisotopic (exact) mass is 280 g/mol. The minimum atomic E-state index is -3.05. The molecule has 4 nitrogen and oxygen atoms in total. The Hall–Kier alpha value is -0.360. The number of sulfone groups is 1. The van der Waals surface area contributed by atoms with Crippen LogP contribution in [0.5, 0.6) is 0 Å². The van der Waals surface area contributed by atoms with Gasteiger partial charge in [-0.05, 0) is 29.8 Å². The smallest absolute Gasteiger partial charge is 0.177 e. The topological polar surface area (TPSA) is 52.0 Å². The zero-order valence-electron chi connectivity index (χ0n) is 8.36. The fourth-order valence-electron chi connectivity index (χ4n) is 0.945. The van der Waals surface area contributed by atoms with Crippen molar-refractivity contribution in [1.82, 2.24) is 9.55 Å². The number of halogens is 1. The van der Waals surface area contributed by atoms with Gasteiger partial charge in [0.25, 0.3) is 0 Å². The average Bonchev–Trinajstić information content (AvgIpc) is 2.29. The standard InChI is InChI=1S/C8H13BrN2O2S/c1-6(2)14(12,13)5-7-4-11(3)8(9)10-7/h4,6H,5H2,1-3H3. The molecule has 0 fully saturated rings. The van der Waals surface area contributed by atoms with Gasteiger partial charge in [0.05, 0.1) is 16.7 Å². The lowest BCUT2D eigenvalue weighted by molar-refractivity contribution is 0.586. The zero-order chi connectivity index (χ0) is 10.9. The minimum Gasteiger partial charge on any atom is -0.328 e. The summed E-state index contributed by atoms with van der Waals surface area (Å²) in [5.74, 6) is 0.00407. The van der Waals surface area contributed by atoms with Gasteiger partial charge < -0.3 is 4.57 Å². The summed E-state index contributed by atoms with van der Waals surface area (Å²) >= 11 is 3.22. The van der Waals surface area contributed by atoms with Crippen LogP contribution in [-0.4, -0.2) is 23.2 Å². The summed E-state index contributed by atoms with van der Waals surface area (Å²) in [5, 5.41) is -0.358. The Bertz CT molecular complexity index is 403. The molecule has 0 N–H and O–H groups in total. The van der Waals surface area contributed by atoms with Crippen molar-refractivity contribution in [3.63, 3.8) is 0 Å². The molecule has 0 aromatic carbocycles. The normalized spacial score (nSPS) is 12.4. The molecule has 0 radical (unpaired) electrons. The molecular formula is C8H13BrN2O2S. The third kappa shape index (κ3) is 2.57. The minimum absolute atomic E-state index is 0.00407. The summed E-state index contributed by atoms with van der Waals surface area (Å²) in [6, 6.07) is 0. The summed E-state index contributed by atoms with van der Waals surface area (Å²) in [5.41, 5.74) is 0.577. The first kappa shape index (κ1) is 11.7. The molecular weight excluding hydrogens is 268 g/mol. The predicted molar refractivity (Wildman–Crippen MR) is 58.7 cm³/mol. The van der Waals surface area contributed by atoms with Gasteiger partial charge in [0.15, 0.2) is 14.6 Å². The fraction of sp³-hybridized carbons (Fsp3) is 0.625. The molecule has 1 heterocycles. The van der Waals surface area contributed by atoms with Gasteiger partial charge in [-0.3, -0.25) is 0 Å². The molecule has 1 aromatic rings. The van der Waals surface area contributed by atoms with Gasteiger partial charge in [0, 0.05) is 13.2 Å². The summed E-state index contributed by atoms with van der Waals surface area (Å²) < 4.78 is 25.5. The SMILES string of the molecule is CC(C)S(=O)(=O)Cc1cn(C)c(Br)n1. The Balaban J connectivity index is 2.90. The molecule has 0 aliphatic heterocycles. The van der Waals surface area contributed by atoms with E-state index in [0.717, 1.165) is 0 Å². The van der Waals surface area contributed by atoms with Crippen LogP contribution in [0.25, 0.3) is 0 Å². The Labute approximate surface area is 92.4 Å². The largest absolute Gasteiger partial charge is 0.328 e. The first-order chi connectivity index (χ1) is 6.33. The van der Waals surface area contributed by atoms with Crippen molar-refractivity contribution in [2.75, 3.05) is 0 Å². The third-order valence-electron chi connectivity index (χ3n) is 1.94. The van der Waals surface area contributed by atoms with Crippen LogP contribution in [0.4, 0.5) is 0 Å². The Morgan fingerprint density at radius 1 is 1.57 bits per heavy atom. The number of aromatic nitrogens is 2. The summed E-state index contributed by atoms with van der Waals surface area (Å²) in [6.45, 7) is 3.35. The van der Waals surface area contributed by atoms with Crippen molar-refractivity contribution in [1.29, 1.82) is 0 Å². The molecule has 6 heteroatoms. The van der Waals surface area contributed by atoms with E-state index in [1.165, 1.54) is 0 Å². The van der Waals surface area contributed by atoms with Gasteiger partial charge in [-0.25, -0.2) is 13.4 Å². The predicted octanol–water partition coefficient (Wildman–Crippen LogP) is 1.51. The van der Waals surface area contributed by atoms with Crippen molar-refractivity contribution >= 4 is 25.8 Å². The van der Waals surface area contributed by atoms with Crippen LogP contribution in [0.15, 0.2) is 10.9 Å². The molecule has 1 aromatic heterocycles. The van der Waals surface area contributed by atoms with Gasteiger partial charge >= 0.3 is 0 Å². The van der Waals surface area contributed by atoms with Crippen LogP contribution in [0.1, 0.15) is 19.5 Å². The van der Waals surface area contributed by atoms with Gasteiger partial charge in [-0.1, -0.05) is 0 Å². The molecule has 0 unspecified atom stereocenters. The van der Waals surface area contributed by atoms with Crippen molar-refractivity contribution < 1.29 is 8.42 Å². The Kier molecular flexibility index (Phi) is 3.36. The maximum absolute atomic E-state index is 11.6. The fourth-order valence-corrected chi connectivity index (χ4v) is 2.16.